The van der Waals surface area contributed by atoms with Gasteiger partial charge in [0.25, 0.3) is 0 Å². The zero-order valence-electron chi connectivity index (χ0n) is 11.9. The van der Waals surface area contributed by atoms with Gasteiger partial charge < -0.3 is 10.2 Å². The minimum Gasteiger partial charge on any atom is -0.313 e. The SMILES string of the molecule is CC1CN(C)C(C)CC1NCCc1ncn(C)n1. The number of piperidine rings is 1. The number of likely N-dealkylation sites (tertiary alicyclic amines) is 1. The summed E-state index contributed by atoms with van der Waals surface area (Å²) in [7, 11) is 4.12. The first-order valence-corrected chi connectivity index (χ1v) is 6.84. The van der Waals surface area contributed by atoms with Crippen molar-refractivity contribution >= 4 is 0 Å². The van der Waals surface area contributed by atoms with Crippen LogP contribution in [-0.2, 0) is 13.5 Å². The minimum absolute atomic E-state index is 0.625. The zero-order valence-corrected chi connectivity index (χ0v) is 11.9. The third-order valence-electron chi connectivity index (χ3n) is 4.01. The molecule has 1 aliphatic heterocycles. The summed E-state index contributed by atoms with van der Waals surface area (Å²) in [6.07, 6.45) is 3.90. The molecule has 18 heavy (non-hydrogen) atoms. The van der Waals surface area contributed by atoms with Crippen LogP contribution in [0.15, 0.2) is 6.33 Å². The molecule has 5 nitrogen and oxygen atoms in total. The number of nitrogens with one attached hydrogen (secondary N) is 1. The van der Waals surface area contributed by atoms with E-state index in [4.69, 9.17) is 0 Å². The smallest absolute Gasteiger partial charge is 0.151 e. The second-order valence-corrected chi connectivity index (χ2v) is 5.65. The van der Waals surface area contributed by atoms with Crippen molar-refractivity contribution in [2.24, 2.45) is 13.0 Å². The fourth-order valence-corrected chi connectivity index (χ4v) is 2.69. The Balaban J connectivity index is 1.76. The molecule has 1 aromatic rings. The Morgan fingerprint density at radius 1 is 1.39 bits per heavy atom. The van der Waals surface area contributed by atoms with Crippen LogP contribution in [0.4, 0.5) is 0 Å². The molecule has 2 rings (SSSR count). The van der Waals surface area contributed by atoms with Gasteiger partial charge in [-0.15, -0.1) is 0 Å². The van der Waals surface area contributed by atoms with Gasteiger partial charge in [-0.1, -0.05) is 6.92 Å². The highest BCUT2D eigenvalue weighted by atomic mass is 15.3. The van der Waals surface area contributed by atoms with E-state index in [1.54, 1.807) is 11.0 Å². The minimum atomic E-state index is 0.625. The Kier molecular flexibility index (Phi) is 4.35. The largest absolute Gasteiger partial charge is 0.313 e. The van der Waals surface area contributed by atoms with Gasteiger partial charge >= 0.3 is 0 Å². The first kappa shape index (κ1) is 13.5. The average Bonchev–Trinajstić information content (AvgIpc) is 2.71. The molecular weight excluding hydrogens is 226 g/mol. The predicted molar refractivity (Wildman–Crippen MR) is 72.4 cm³/mol. The van der Waals surface area contributed by atoms with Gasteiger partial charge in [0.2, 0.25) is 0 Å². The highest BCUT2D eigenvalue weighted by molar-refractivity contribution is 4.88. The second kappa shape index (κ2) is 5.80. The van der Waals surface area contributed by atoms with Crippen LogP contribution in [0.1, 0.15) is 26.1 Å². The highest BCUT2D eigenvalue weighted by Crippen LogP contribution is 2.20. The first-order valence-electron chi connectivity index (χ1n) is 6.84. The number of hydrogen-bond donors (Lipinski definition) is 1. The zero-order chi connectivity index (χ0) is 13.1. The molecule has 3 atom stereocenters. The van der Waals surface area contributed by atoms with Crippen LogP contribution in [0.5, 0.6) is 0 Å². The summed E-state index contributed by atoms with van der Waals surface area (Å²) in [5.74, 6) is 1.64. The summed E-state index contributed by atoms with van der Waals surface area (Å²) >= 11 is 0. The maximum Gasteiger partial charge on any atom is 0.151 e. The van der Waals surface area contributed by atoms with Gasteiger partial charge in [0.05, 0.1) is 0 Å². The molecule has 1 aliphatic rings. The maximum absolute atomic E-state index is 4.30. The van der Waals surface area contributed by atoms with Crippen LogP contribution in [0.3, 0.4) is 0 Å². The van der Waals surface area contributed by atoms with Gasteiger partial charge in [-0.25, -0.2) is 4.98 Å². The number of nitrogens with zero attached hydrogens (tertiary/aromatic N) is 4. The maximum atomic E-state index is 4.30. The molecule has 0 bridgehead atoms. The lowest BCUT2D eigenvalue weighted by molar-refractivity contribution is 0.122. The number of hydrogen-bond acceptors (Lipinski definition) is 4. The van der Waals surface area contributed by atoms with Crippen molar-refractivity contribution in [2.75, 3.05) is 20.1 Å². The first-order chi connectivity index (χ1) is 8.56. The van der Waals surface area contributed by atoms with Crippen LogP contribution in [0.2, 0.25) is 0 Å². The third kappa shape index (κ3) is 3.29. The van der Waals surface area contributed by atoms with E-state index in [1.165, 1.54) is 13.0 Å². The summed E-state index contributed by atoms with van der Waals surface area (Å²) in [6.45, 7) is 6.79. The molecule has 0 aromatic carbocycles. The van der Waals surface area contributed by atoms with Crippen LogP contribution in [0, 0.1) is 5.92 Å². The fraction of sp³-hybridized carbons (Fsp3) is 0.846. The molecule has 102 valence electrons. The molecule has 0 aliphatic carbocycles. The Labute approximate surface area is 110 Å². The molecule has 1 aromatic heterocycles. The van der Waals surface area contributed by atoms with Gasteiger partial charge in [-0.05, 0) is 26.3 Å². The molecule has 0 radical (unpaired) electrons. The van der Waals surface area contributed by atoms with Crippen LogP contribution in [0.25, 0.3) is 0 Å². The Bertz CT molecular complexity index is 375. The molecule has 0 spiro atoms. The number of rotatable bonds is 4. The van der Waals surface area contributed by atoms with Gasteiger partial charge in [0.1, 0.15) is 6.33 Å². The normalized spacial score (nSPS) is 29.7. The Hall–Kier alpha value is -0.940. The molecule has 0 amide bonds. The van der Waals surface area contributed by atoms with Crippen LogP contribution < -0.4 is 5.32 Å². The van der Waals surface area contributed by atoms with Gasteiger partial charge in [-0.2, -0.15) is 5.10 Å². The van der Waals surface area contributed by atoms with E-state index in [2.05, 4.69) is 41.2 Å². The Morgan fingerprint density at radius 2 is 2.17 bits per heavy atom. The lowest BCUT2D eigenvalue weighted by atomic mass is 9.90. The number of aromatic nitrogens is 3. The molecule has 0 saturated carbocycles. The lowest BCUT2D eigenvalue weighted by Crippen LogP contribution is -2.51. The topological polar surface area (TPSA) is 46.0 Å². The highest BCUT2D eigenvalue weighted by Gasteiger charge is 2.28. The molecule has 1 saturated heterocycles. The van der Waals surface area contributed by atoms with Crippen molar-refractivity contribution in [1.29, 1.82) is 0 Å². The summed E-state index contributed by atoms with van der Waals surface area (Å²) < 4.78 is 1.76. The lowest BCUT2D eigenvalue weighted by Gasteiger charge is -2.40. The van der Waals surface area contributed by atoms with E-state index < -0.39 is 0 Å². The Morgan fingerprint density at radius 3 is 2.83 bits per heavy atom. The van der Waals surface area contributed by atoms with Crippen molar-refractivity contribution < 1.29 is 0 Å². The van der Waals surface area contributed by atoms with Crippen LogP contribution >= 0.6 is 0 Å². The number of aryl methyl sites for hydroxylation is 1. The predicted octanol–water partition coefficient (Wildman–Crippen LogP) is 0.676. The third-order valence-corrected chi connectivity index (χ3v) is 4.01. The monoisotopic (exact) mass is 251 g/mol. The summed E-state index contributed by atoms with van der Waals surface area (Å²) in [6, 6.07) is 1.30. The molecular formula is C13H25N5. The van der Waals surface area contributed by atoms with E-state index in [0.29, 0.717) is 18.0 Å². The quantitative estimate of drug-likeness (QED) is 0.854. The standard InChI is InChI=1S/C13H25N5/c1-10-8-17(3)11(2)7-12(10)14-6-5-13-15-9-18(4)16-13/h9-12,14H,5-8H2,1-4H3. The second-order valence-electron chi connectivity index (χ2n) is 5.65. The summed E-state index contributed by atoms with van der Waals surface area (Å²) in [5.41, 5.74) is 0. The van der Waals surface area contributed by atoms with E-state index >= 15 is 0 Å². The van der Waals surface area contributed by atoms with Crippen molar-refractivity contribution in [3.63, 3.8) is 0 Å². The van der Waals surface area contributed by atoms with Crippen molar-refractivity contribution in [1.82, 2.24) is 25.0 Å². The molecule has 1 fully saturated rings. The molecule has 1 N–H and O–H groups in total. The molecule has 3 unspecified atom stereocenters. The molecule has 2 heterocycles. The molecule has 5 heteroatoms. The van der Waals surface area contributed by atoms with Gasteiger partial charge in [0, 0.05) is 38.6 Å². The fourth-order valence-electron chi connectivity index (χ4n) is 2.69. The van der Waals surface area contributed by atoms with E-state index in [-0.39, 0.29) is 0 Å². The van der Waals surface area contributed by atoms with Gasteiger partial charge in [0.15, 0.2) is 5.82 Å². The van der Waals surface area contributed by atoms with E-state index in [0.717, 1.165) is 18.8 Å². The van der Waals surface area contributed by atoms with Crippen molar-refractivity contribution in [3.05, 3.63) is 12.2 Å². The average molecular weight is 251 g/mol. The van der Waals surface area contributed by atoms with E-state index in [1.807, 2.05) is 7.05 Å². The van der Waals surface area contributed by atoms with Gasteiger partial charge in [-0.3, -0.25) is 4.68 Å². The summed E-state index contributed by atoms with van der Waals surface area (Å²) in [4.78, 5) is 6.70. The van der Waals surface area contributed by atoms with Crippen molar-refractivity contribution in [2.45, 2.75) is 38.8 Å². The van der Waals surface area contributed by atoms with Crippen molar-refractivity contribution in [3.8, 4) is 0 Å². The van der Waals surface area contributed by atoms with E-state index in [9.17, 15) is 0 Å². The van der Waals surface area contributed by atoms with Crippen LogP contribution in [-0.4, -0.2) is 51.9 Å². The summed E-state index contributed by atoms with van der Waals surface area (Å²) in [5, 5.41) is 7.96.